The number of anilines is 1. The molecule has 4 heterocycles. The molecule has 1 aromatic carbocycles. The van der Waals surface area contributed by atoms with Gasteiger partial charge in [-0.3, -0.25) is 9.36 Å². The minimum Gasteiger partial charge on any atom is -0.463 e. The molecule has 2 aliphatic rings. The SMILES string of the molecule is CC(=O)OC[C@H]1O[C@@H](n2cnc3c(NCc4ccc5c(c4)OCO5)ncnc32)C(O)[C@H]1O. The van der Waals surface area contributed by atoms with Gasteiger partial charge in [0, 0.05) is 13.5 Å². The molecule has 168 valence electrons. The predicted molar refractivity (Wildman–Crippen MR) is 108 cm³/mol. The van der Waals surface area contributed by atoms with Gasteiger partial charge >= 0.3 is 5.97 Å². The number of benzene rings is 1. The van der Waals surface area contributed by atoms with Crippen molar-refractivity contribution in [3.8, 4) is 11.5 Å². The highest BCUT2D eigenvalue weighted by Crippen LogP contribution is 2.34. The second kappa shape index (κ2) is 8.22. The van der Waals surface area contributed by atoms with Gasteiger partial charge < -0.3 is 34.5 Å². The number of hydrogen-bond donors (Lipinski definition) is 3. The fourth-order valence-electron chi connectivity index (χ4n) is 3.70. The number of fused-ring (bicyclic) bond motifs is 2. The van der Waals surface area contributed by atoms with Crippen molar-refractivity contribution in [2.75, 3.05) is 18.7 Å². The number of aliphatic hydroxyl groups excluding tert-OH is 2. The van der Waals surface area contributed by atoms with E-state index >= 15 is 0 Å². The summed E-state index contributed by atoms with van der Waals surface area (Å²) in [5, 5.41) is 24.0. The minimum absolute atomic E-state index is 0.173. The second-order valence-corrected chi connectivity index (χ2v) is 7.44. The summed E-state index contributed by atoms with van der Waals surface area (Å²) in [7, 11) is 0. The Labute approximate surface area is 181 Å². The van der Waals surface area contributed by atoms with Gasteiger partial charge in [-0.05, 0) is 17.7 Å². The van der Waals surface area contributed by atoms with Gasteiger partial charge in [-0.15, -0.1) is 0 Å². The zero-order valence-corrected chi connectivity index (χ0v) is 17.0. The van der Waals surface area contributed by atoms with Crippen LogP contribution >= 0.6 is 0 Å². The molecule has 1 fully saturated rings. The van der Waals surface area contributed by atoms with Crippen molar-refractivity contribution < 1.29 is 34.0 Å². The van der Waals surface area contributed by atoms with E-state index < -0.39 is 30.5 Å². The first-order chi connectivity index (χ1) is 15.5. The maximum atomic E-state index is 11.1. The standard InChI is InChI=1S/C20H21N5O7/c1-10(26)29-6-14-16(27)17(28)20(32-14)25-8-24-15-18(22-7-23-19(15)25)21-5-11-2-3-12-13(4-11)31-9-30-12/h2-4,7-8,14,16-17,20,27-28H,5-6,9H2,1H3,(H,21,22,23)/t14-,16+,17?,20-/m1/s1. The molecule has 0 radical (unpaired) electrons. The van der Waals surface area contributed by atoms with Crippen molar-refractivity contribution >= 4 is 23.0 Å². The largest absolute Gasteiger partial charge is 0.463 e. The average Bonchev–Trinajstić information content (AvgIpc) is 3.49. The molecular formula is C20H21N5O7. The van der Waals surface area contributed by atoms with Crippen LogP contribution in [0.2, 0.25) is 0 Å². The van der Waals surface area contributed by atoms with Crippen molar-refractivity contribution in [2.24, 2.45) is 0 Å². The molecule has 12 heteroatoms. The lowest BCUT2D eigenvalue weighted by Crippen LogP contribution is -2.34. The average molecular weight is 443 g/mol. The lowest BCUT2D eigenvalue weighted by molar-refractivity contribution is -0.147. The number of nitrogens with one attached hydrogen (secondary N) is 1. The van der Waals surface area contributed by atoms with E-state index in [2.05, 4.69) is 20.3 Å². The van der Waals surface area contributed by atoms with Crippen molar-refractivity contribution in [2.45, 2.75) is 38.0 Å². The third-order valence-electron chi connectivity index (χ3n) is 5.32. The van der Waals surface area contributed by atoms with Crippen molar-refractivity contribution in [1.29, 1.82) is 0 Å². The molecule has 2 aromatic heterocycles. The minimum atomic E-state index is -1.26. The summed E-state index contributed by atoms with van der Waals surface area (Å²) >= 11 is 0. The maximum absolute atomic E-state index is 11.1. The molecule has 32 heavy (non-hydrogen) atoms. The van der Waals surface area contributed by atoms with Crippen LogP contribution in [0.15, 0.2) is 30.9 Å². The summed E-state index contributed by atoms with van der Waals surface area (Å²) in [6.07, 6.45) is -1.49. The lowest BCUT2D eigenvalue weighted by atomic mass is 10.1. The zero-order valence-electron chi connectivity index (χ0n) is 17.0. The Balaban J connectivity index is 1.34. The summed E-state index contributed by atoms with van der Waals surface area (Å²) in [5.74, 6) is 1.39. The summed E-state index contributed by atoms with van der Waals surface area (Å²) in [6.45, 7) is 1.75. The van der Waals surface area contributed by atoms with E-state index in [4.69, 9.17) is 18.9 Å². The van der Waals surface area contributed by atoms with Gasteiger partial charge in [0.15, 0.2) is 34.7 Å². The van der Waals surface area contributed by atoms with Crippen LogP contribution in [-0.2, 0) is 20.8 Å². The number of ether oxygens (including phenoxy) is 4. The third kappa shape index (κ3) is 3.68. The highest BCUT2D eigenvalue weighted by Gasteiger charge is 2.44. The van der Waals surface area contributed by atoms with Crippen LogP contribution in [0, 0.1) is 0 Å². The number of aliphatic hydroxyl groups is 2. The highest BCUT2D eigenvalue weighted by molar-refractivity contribution is 5.82. The Hall–Kier alpha value is -3.48. The first-order valence-corrected chi connectivity index (χ1v) is 9.96. The van der Waals surface area contributed by atoms with E-state index in [-0.39, 0.29) is 13.4 Å². The predicted octanol–water partition coefficient (Wildman–Crippen LogP) is 0.349. The summed E-state index contributed by atoms with van der Waals surface area (Å²) in [5.41, 5.74) is 1.85. The van der Waals surface area contributed by atoms with Crippen molar-refractivity contribution in [3.05, 3.63) is 36.4 Å². The monoisotopic (exact) mass is 443 g/mol. The molecule has 3 N–H and O–H groups in total. The maximum Gasteiger partial charge on any atom is 0.302 e. The number of esters is 1. The normalized spacial score (nSPS) is 24.1. The van der Waals surface area contributed by atoms with E-state index in [1.807, 2.05) is 18.2 Å². The van der Waals surface area contributed by atoms with Gasteiger partial charge in [0.2, 0.25) is 6.79 Å². The first-order valence-electron chi connectivity index (χ1n) is 9.96. The van der Waals surface area contributed by atoms with Crippen LogP contribution in [-0.4, -0.2) is 67.4 Å². The van der Waals surface area contributed by atoms with Gasteiger partial charge in [-0.25, -0.2) is 15.0 Å². The van der Waals surface area contributed by atoms with E-state index in [9.17, 15) is 15.0 Å². The lowest BCUT2D eigenvalue weighted by Gasteiger charge is -2.16. The molecule has 5 rings (SSSR count). The molecule has 0 aliphatic carbocycles. The molecule has 2 aliphatic heterocycles. The van der Waals surface area contributed by atoms with Crippen LogP contribution in [0.1, 0.15) is 18.7 Å². The first kappa shape index (κ1) is 20.4. The van der Waals surface area contributed by atoms with E-state index in [1.165, 1.54) is 24.1 Å². The van der Waals surface area contributed by atoms with Crippen molar-refractivity contribution in [1.82, 2.24) is 19.5 Å². The molecule has 0 spiro atoms. The molecular weight excluding hydrogens is 422 g/mol. The molecule has 0 amide bonds. The van der Waals surface area contributed by atoms with Crippen LogP contribution in [0.3, 0.4) is 0 Å². The third-order valence-corrected chi connectivity index (χ3v) is 5.32. The Morgan fingerprint density at radius 2 is 2.06 bits per heavy atom. The van der Waals surface area contributed by atoms with Gasteiger partial charge in [0.25, 0.3) is 0 Å². The molecule has 0 saturated carbocycles. The van der Waals surface area contributed by atoms with Crippen LogP contribution in [0.25, 0.3) is 11.2 Å². The Morgan fingerprint density at radius 3 is 2.91 bits per heavy atom. The van der Waals surface area contributed by atoms with Gasteiger partial charge in [-0.2, -0.15) is 0 Å². The number of imidazole rings is 1. The number of rotatable bonds is 6. The number of aromatic nitrogens is 4. The molecule has 0 bridgehead atoms. The molecule has 1 unspecified atom stereocenters. The number of hydrogen-bond acceptors (Lipinski definition) is 11. The Morgan fingerprint density at radius 1 is 1.22 bits per heavy atom. The molecule has 12 nitrogen and oxygen atoms in total. The fourth-order valence-corrected chi connectivity index (χ4v) is 3.70. The van der Waals surface area contributed by atoms with E-state index in [1.54, 1.807) is 0 Å². The Bertz CT molecular complexity index is 1150. The number of nitrogens with zero attached hydrogens (tertiary/aromatic N) is 4. The highest BCUT2D eigenvalue weighted by atomic mass is 16.7. The summed E-state index contributed by atoms with van der Waals surface area (Å²) in [6, 6.07) is 5.66. The van der Waals surface area contributed by atoms with Gasteiger partial charge in [0.1, 0.15) is 31.2 Å². The van der Waals surface area contributed by atoms with Crippen LogP contribution in [0.5, 0.6) is 11.5 Å². The topological polar surface area (TPSA) is 150 Å². The molecule has 1 saturated heterocycles. The zero-order chi connectivity index (χ0) is 22.2. The van der Waals surface area contributed by atoms with E-state index in [0.29, 0.717) is 35.0 Å². The second-order valence-electron chi connectivity index (χ2n) is 7.44. The van der Waals surface area contributed by atoms with E-state index in [0.717, 1.165) is 5.56 Å². The molecule has 3 aromatic rings. The van der Waals surface area contributed by atoms with Crippen LogP contribution < -0.4 is 14.8 Å². The quantitative estimate of drug-likeness (QED) is 0.453. The Kier molecular flexibility index (Phi) is 5.25. The molecule has 4 atom stereocenters. The smallest absolute Gasteiger partial charge is 0.302 e. The summed E-state index contributed by atoms with van der Waals surface area (Å²) in [4.78, 5) is 24.0. The van der Waals surface area contributed by atoms with Gasteiger partial charge in [-0.1, -0.05) is 6.07 Å². The fraction of sp³-hybridized carbons (Fsp3) is 0.400. The van der Waals surface area contributed by atoms with Crippen molar-refractivity contribution in [3.63, 3.8) is 0 Å². The van der Waals surface area contributed by atoms with Gasteiger partial charge in [0.05, 0.1) is 6.33 Å². The summed E-state index contributed by atoms with van der Waals surface area (Å²) < 4.78 is 22.9. The number of carbonyl (C=O) groups is 1. The van der Waals surface area contributed by atoms with Crippen LogP contribution in [0.4, 0.5) is 5.82 Å². The number of carbonyl (C=O) groups excluding carboxylic acids is 1.